The molecule has 1 aromatic heterocycles. The van der Waals surface area contributed by atoms with Crippen molar-refractivity contribution in [2.45, 2.75) is 57.3 Å². The van der Waals surface area contributed by atoms with Crippen molar-refractivity contribution in [3.05, 3.63) is 36.0 Å². The summed E-state index contributed by atoms with van der Waals surface area (Å²) in [5.74, 6) is -3.56. The summed E-state index contributed by atoms with van der Waals surface area (Å²) in [6, 6.07) is 3.17. The molecule has 11 N–H and O–H groups in total. The van der Waals surface area contributed by atoms with Crippen molar-refractivity contribution in [3.63, 3.8) is 0 Å². The van der Waals surface area contributed by atoms with E-state index in [4.69, 9.17) is 17.2 Å². The maximum atomic E-state index is 13.5. The van der Waals surface area contributed by atoms with Crippen LogP contribution in [0, 0.1) is 5.92 Å². The van der Waals surface area contributed by atoms with Gasteiger partial charge in [-0.25, -0.2) is 4.79 Å². The zero-order chi connectivity index (χ0) is 29.1. The lowest BCUT2D eigenvalue weighted by Gasteiger charge is -2.26. The maximum absolute atomic E-state index is 13.5. The van der Waals surface area contributed by atoms with E-state index in [1.165, 1.54) is 0 Å². The molecule has 1 aromatic carbocycles. The molecule has 0 fully saturated rings. The van der Waals surface area contributed by atoms with E-state index in [2.05, 4.69) is 38.6 Å². The number of nitrogens with two attached hydrogens (primary N) is 3. The molecule has 2 rings (SSSR count). The highest BCUT2D eigenvalue weighted by atomic mass is 32.1. The van der Waals surface area contributed by atoms with Crippen molar-refractivity contribution in [1.82, 2.24) is 20.9 Å². The highest BCUT2D eigenvalue weighted by Gasteiger charge is 2.31. The molecule has 3 amide bonds. The Bertz CT molecular complexity index is 1180. The number of aromatic nitrogens is 1. The third kappa shape index (κ3) is 9.48. The summed E-state index contributed by atoms with van der Waals surface area (Å²) in [5, 5.41) is 18.2. The fourth-order valence-electron chi connectivity index (χ4n) is 3.90. The summed E-state index contributed by atoms with van der Waals surface area (Å²) in [7, 11) is 0. The molecule has 0 aliphatic heterocycles. The number of aliphatic carboxylic acids is 1. The van der Waals surface area contributed by atoms with Crippen LogP contribution in [0.25, 0.3) is 10.9 Å². The van der Waals surface area contributed by atoms with E-state index in [1.54, 1.807) is 20.0 Å². The van der Waals surface area contributed by atoms with Crippen molar-refractivity contribution in [1.29, 1.82) is 0 Å². The number of nitrogens with zero attached hydrogens (tertiary/aromatic N) is 1. The number of aromatic amines is 1. The predicted molar refractivity (Wildman–Crippen MR) is 152 cm³/mol. The molecule has 0 bridgehead atoms. The van der Waals surface area contributed by atoms with Gasteiger partial charge in [0, 0.05) is 35.8 Å². The molecule has 4 atom stereocenters. The van der Waals surface area contributed by atoms with Crippen LogP contribution in [0.5, 0.6) is 0 Å². The van der Waals surface area contributed by atoms with Gasteiger partial charge in [-0.3, -0.25) is 19.4 Å². The number of H-pyrrole nitrogens is 1. The minimum absolute atomic E-state index is 0.0643. The summed E-state index contributed by atoms with van der Waals surface area (Å²) >= 11 is 4.05. The number of carboxylic acids is 1. The van der Waals surface area contributed by atoms with Gasteiger partial charge in [0.2, 0.25) is 17.7 Å². The van der Waals surface area contributed by atoms with E-state index in [-0.39, 0.29) is 31.1 Å². The normalized spacial score (nSPS) is 14.2. The Morgan fingerprint density at radius 3 is 2.28 bits per heavy atom. The van der Waals surface area contributed by atoms with Crippen LogP contribution in [-0.4, -0.2) is 76.2 Å². The first-order valence-corrected chi connectivity index (χ1v) is 13.2. The zero-order valence-corrected chi connectivity index (χ0v) is 22.9. The van der Waals surface area contributed by atoms with Crippen LogP contribution >= 0.6 is 12.6 Å². The Kier molecular flexibility index (Phi) is 12.1. The number of carbonyl (C=O) groups excluding carboxylic acids is 3. The number of para-hydroxylation sites is 1. The van der Waals surface area contributed by atoms with Gasteiger partial charge < -0.3 is 43.2 Å². The Morgan fingerprint density at radius 2 is 1.67 bits per heavy atom. The number of thiol groups is 1. The minimum Gasteiger partial charge on any atom is -0.480 e. The second-order valence-corrected chi connectivity index (χ2v) is 9.86. The smallest absolute Gasteiger partial charge is 0.326 e. The fraction of sp³-hybridized carbons (Fsp3) is 0.480. The van der Waals surface area contributed by atoms with E-state index in [0.717, 1.165) is 16.5 Å². The molecule has 13 nitrogen and oxygen atoms in total. The zero-order valence-electron chi connectivity index (χ0n) is 22.0. The molecular weight excluding hydrogens is 524 g/mol. The quantitative estimate of drug-likeness (QED) is 0.0577. The molecule has 0 aliphatic carbocycles. The number of benzene rings is 1. The first-order chi connectivity index (χ1) is 18.4. The number of nitrogens with one attached hydrogen (secondary N) is 4. The first-order valence-electron chi connectivity index (χ1n) is 12.5. The molecule has 0 radical (unpaired) electrons. The molecule has 0 spiro atoms. The first kappa shape index (κ1) is 31.4. The molecule has 4 unspecified atom stereocenters. The van der Waals surface area contributed by atoms with Crippen molar-refractivity contribution in [2.24, 2.45) is 28.1 Å². The van der Waals surface area contributed by atoms with E-state index < -0.39 is 53.8 Å². The number of hydrogen-bond donors (Lipinski definition) is 9. The molecule has 2 aromatic rings. The van der Waals surface area contributed by atoms with Crippen LogP contribution in [0.15, 0.2) is 35.5 Å². The topological polar surface area (TPSA) is 231 Å². The Balaban J connectivity index is 2.30. The largest absolute Gasteiger partial charge is 0.480 e. The number of guanidine groups is 1. The molecule has 0 saturated heterocycles. The van der Waals surface area contributed by atoms with Crippen LogP contribution in [0.4, 0.5) is 0 Å². The minimum atomic E-state index is -1.20. The number of fused-ring (bicyclic) bond motifs is 1. The molecule has 0 aliphatic rings. The monoisotopic (exact) mass is 562 g/mol. The second kappa shape index (κ2) is 15.0. The SMILES string of the molecule is CC(C)C(NC(=O)C(CCCN=C(N)N)NC(=O)C(Cc1c[nH]c2ccccc12)NC(=O)C(N)CS)C(=O)O. The van der Waals surface area contributed by atoms with Crippen LogP contribution in [0.3, 0.4) is 0 Å². The van der Waals surface area contributed by atoms with E-state index in [1.807, 2.05) is 24.3 Å². The lowest BCUT2D eigenvalue weighted by molar-refractivity contribution is -0.143. The molecule has 1 heterocycles. The van der Waals surface area contributed by atoms with Gasteiger partial charge >= 0.3 is 5.97 Å². The van der Waals surface area contributed by atoms with Crippen LogP contribution in [0.2, 0.25) is 0 Å². The van der Waals surface area contributed by atoms with Gasteiger partial charge in [-0.15, -0.1) is 0 Å². The summed E-state index contributed by atoms with van der Waals surface area (Å²) in [5.41, 5.74) is 18.2. The molecule has 14 heteroatoms. The maximum Gasteiger partial charge on any atom is 0.326 e. The summed E-state index contributed by atoms with van der Waals surface area (Å²) in [6.07, 6.45) is 2.28. The van der Waals surface area contributed by atoms with E-state index in [9.17, 15) is 24.3 Å². The number of carboxylic acid groups (broad SMARTS) is 1. The van der Waals surface area contributed by atoms with E-state index in [0.29, 0.717) is 6.42 Å². The highest BCUT2D eigenvalue weighted by Crippen LogP contribution is 2.19. The van der Waals surface area contributed by atoms with Gasteiger partial charge in [-0.05, 0) is 30.4 Å². The summed E-state index contributed by atoms with van der Waals surface area (Å²) < 4.78 is 0. The van der Waals surface area contributed by atoms with Gasteiger partial charge in [-0.2, -0.15) is 12.6 Å². The standard InChI is InChI=1S/C25H38N8O5S/c1-13(2)20(24(37)38)33-22(35)18(8-5-9-29-25(27)28)31-23(36)19(32-21(34)16(26)12-39)10-14-11-30-17-7-4-3-6-15(14)17/h3-4,6-7,11,13,16,18-20,30,39H,5,8-10,12,26H2,1-2H3,(H,31,36)(H,32,34)(H,33,35)(H,37,38)(H4,27,28,29). The van der Waals surface area contributed by atoms with Gasteiger partial charge in [0.15, 0.2) is 5.96 Å². The van der Waals surface area contributed by atoms with E-state index >= 15 is 0 Å². The number of amides is 3. The fourth-order valence-corrected chi connectivity index (χ4v) is 4.07. The van der Waals surface area contributed by atoms with Gasteiger partial charge in [-0.1, -0.05) is 32.0 Å². The molecule has 0 saturated carbocycles. The van der Waals surface area contributed by atoms with Crippen LogP contribution < -0.4 is 33.2 Å². The molecule has 214 valence electrons. The predicted octanol–water partition coefficient (Wildman–Crippen LogP) is -0.784. The van der Waals surface area contributed by atoms with Gasteiger partial charge in [0.25, 0.3) is 0 Å². The van der Waals surface area contributed by atoms with Crippen LogP contribution in [0.1, 0.15) is 32.3 Å². The number of aliphatic imine (C=N–C) groups is 1. The summed E-state index contributed by atoms with van der Waals surface area (Å²) in [6.45, 7) is 3.51. The lowest BCUT2D eigenvalue weighted by Crippen LogP contribution is -2.58. The summed E-state index contributed by atoms with van der Waals surface area (Å²) in [4.78, 5) is 57.9. The van der Waals surface area contributed by atoms with Crippen molar-refractivity contribution in [2.75, 3.05) is 12.3 Å². The Morgan fingerprint density at radius 1 is 1.03 bits per heavy atom. The highest BCUT2D eigenvalue weighted by molar-refractivity contribution is 7.80. The third-order valence-electron chi connectivity index (χ3n) is 6.07. The van der Waals surface area contributed by atoms with Gasteiger partial charge in [0.05, 0.1) is 6.04 Å². The number of hydrogen-bond acceptors (Lipinski definition) is 7. The Hall–Kier alpha value is -3.78. The van der Waals surface area contributed by atoms with Crippen molar-refractivity contribution >= 4 is 53.2 Å². The second-order valence-electron chi connectivity index (χ2n) is 9.49. The number of carbonyl (C=O) groups is 4. The lowest BCUT2D eigenvalue weighted by atomic mass is 10.0. The third-order valence-corrected chi connectivity index (χ3v) is 6.47. The Labute approximate surface area is 232 Å². The average molecular weight is 563 g/mol. The van der Waals surface area contributed by atoms with Crippen molar-refractivity contribution in [3.8, 4) is 0 Å². The molecule has 39 heavy (non-hydrogen) atoms. The number of rotatable bonds is 15. The van der Waals surface area contributed by atoms with Crippen LogP contribution in [-0.2, 0) is 25.6 Å². The van der Waals surface area contributed by atoms with Gasteiger partial charge in [0.1, 0.15) is 18.1 Å². The molecular formula is C25H38N8O5S. The average Bonchev–Trinajstić information content (AvgIpc) is 3.29. The van der Waals surface area contributed by atoms with Crippen molar-refractivity contribution < 1.29 is 24.3 Å².